The number of nitrogen functional groups attached to an aromatic ring is 1. The Morgan fingerprint density at radius 2 is 2.00 bits per heavy atom. The van der Waals surface area contributed by atoms with Crippen LogP contribution >= 0.6 is 0 Å². The number of anilines is 1. The number of nitrogens with two attached hydrogens (primary N) is 1. The Morgan fingerprint density at radius 1 is 1.42 bits per heavy atom. The van der Waals surface area contributed by atoms with Crippen LogP contribution in [0.2, 0.25) is 0 Å². The highest BCUT2D eigenvalue weighted by molar-refractivity contribution is 6.61. The third-order valence-electron chi connectivity index (χ3n) is 3.23. The molecule has 1 heterocycles. The van der Waals surface area contributed by atoms with E-state index in [2.05, 4.69) is 4.98 Å². The van der Waals surface area contributed by atoms with Crippen molar-refractivity contribution in [2.24, 2.45) is 0 Å². The molecule has 0 spiro atoms. The third kappa shape index (κ3) is 3.44. The molecule has 0 saturated heterocycles. The van der Waals surface area contributed by atoms with Gasteiger partial charge < -0.3 is 20.5 Å². The summed E-state index contributed by atoms with van der Waals surface area (Å²) in [5, 5.41) is 28.7. The normalized spacial score (nSPS) is 12.1. The summed E-state index contributed by atoms with van der Waals surface area (Å²) in [6.07, 6.45) is 1.29. The van der Waals surface area contributed by atoms with E-state index in [1.807, 2.05) is 6.07 Å². The Balaban J connectivity index is 2.97. The Morgan fingerprint density at radius 3 is 2.42 bits per heavy atom. The predicted octanol–water partition coefficient (Wildman–Crippen LogP) is -0.211. The molecule has 7 heteroatoms. The van der Waals surface area contributed by atoms with Crippen molar-refractivity contribution in [3.8, 4) is 6.07 Å². The van der Waals surface area contributed by atoms with Crippen molar-refractivity contribution < 1.29 is 14.8 Å². The lowest BCUT2D eigenvalue weighted by atomic mass is 9.76. The molecule has 19 heavy (non-hydrogen) atoms. The minimum absolute atomic E-state index is 0.162. The molecule has 0 radical (unpaired) electrons. The van der Waals surface area contributed by atoms with Gasteiger partial charge in [-0.2, -0.15) is 5.26 Å². The van der Waals surface area contributed by atoms with Crippen LogP contribution in [0.25, 0.3) is 0 Å². The number of aromatic nitrogens is 1. The molecule has 0 fully saturated rings. The third-order valence-corrected chi connectivity index (χ3v) is 3.23. The molecule has 4 N–H and O–H groups in total. The standard InChI is InChI=1S/C12H18BN3O3/c1-11(2,17)12(3,4)19-13(18)9-7-16-8(6-14)5-10(9)15/h5,7,17-18H,1-4H3,(H2,15,16). The first-order valence-corrected chi connectivity index (χ1v) is 5.82. The van der Waals surface area contributed by atoms with E-state index in [0.29, 0.717) is 0 Å². The van der Waals surface area contributed by atoms with Crippen LogP contribution in [0, 0.1) is 11.3 Å². The summed E-state index contributed by atoms with van der Waals surface area (Å²) in [5.41, 5.74) is 4.23. The van der Waals surface area contributed by atoms with E-state index in [1.54, 1.807) is 27.7 Å². The predicted molar refractivity (Wildman–Crippen MR) is 72.4 cm³/mol. The number of hydrogen-bond donors (Lipinski definition) is 3. The Hall–Kier alpha value is -1.62. The quantitative estimate of drug-likeness (QED) is 0.648. The molecule has 0 aromatic carbocycles. The van der Waals surface area contributed by atoms with Crippen LogP contribution in [0.3, 0.4) is 0 Å². The van der Waals surface area contributed by atoms with Crippen molar-refractivity contribution in [1.82, 2.24) is 4.98 Å². The highest BCUT2D eigenvalue weighted by atomic mass is 16.5. The van der Waals surface area contributed by atoms with Crippen LogP contribution in [0.15, 0.2) is 12.3 Å². The van der Waals surface area contributed by atoms with Gasteiger partial charge >= 0.3 is 7.12 Å². The highest BCUT2D eigenvalue weighted by Gasteiger charge is 2.40. The first-order chi connectivity index (χ1) is 8.58. The molecule has 0 saturated carbocycles. The number of nitrogens with zero attached hydrogens (tertiary/aromatic N) is 2. The van der Waals surface area contributed by atoms with Gasteiger partial charge in [-0.3, -0.25) is 0 Å². The Kier molecular flexibility index (Phi) is 4.20. The average molecular weight is 263 g/mol. The van der Waals surface area contributed by atoms with Gasteiger partial charge in [0.15, 0.2) is 0 Å². The van der Waals surface area contributed by atoms with Gasteiger partial charge in [-0.1, -0.05) is 0 Å². The lowest BCUT2D eigenvalue weighted by Gasteiger charge is -2.38. The fourth-order valence-corrected chi connectivity index (χ4v) is 1.24. The maximum absolute atomic E-state index is 10.0. The van der Waals surface area contributed by atoms with Gasteiger partial charge in [-0.15, -0.1) is 0 Å². The van der Waals surface area contributed by atoms with E-state index >= 15 is 0 Å². The summed E-state index contributed by atoms with van der Waals surface area (Å²) in [4.78, 5) is 3.83. The Bertz CT molecular complexity index is 506. The van der Waals surface area contributed by atoms with Crippen LogP contribution < -0.4 is 11.2 Å². The van der Waals surface area contributed by atoms with Gasteiger partial charge in [0.25, 0.3) is 0 Å². The van der Waals surface area contributed by atoms with E-state index < -0.39 is 18.3 Å². The molecular formula is C12H18BN3O3. The SMILES string of the molecule is CC(C)(O)C(C)(C)OB(O)c1cnc(C#N)cc1N. The zero-order chi connectivity index (χ0) is 14.8. The zero-order valence-electron chi connectivity index (χ0n) is 11.5. The maximum atomic E-state index is 10.0. The van der Waals surface area contributed by atoms with Crippen molar-refractivity contribution in [3.05, 3.63) is 18.0 Å². The van der Waals surface area contributed by atoms with Gasteiger partial charge in [-0.25, -0.2) is 4.98 Å². The number of nitriles is 1. The minimum atomic E-state index is -1.33. The second kappa shape index (κ2) is 5.17. The largest absolute Gasteiger partial charge is 0.495 e. The van der Waals surface area contributed by atoms with E-state index in [0.717, 1.165) is 0 Å². The second-order valence-electron chi connectivity index (χ2n) is 5.35. The topological polar surface area (TPSA) is 112 Å². The number of pyridine rings is 1. The number of hydrogen-bond acceptors (Lipinski definition) is 6. The summed E-state index contributed by atoms with van der Waals surface area (Å²) in [6.45, 7) is 6.48. The van der Waals surface area contributed by atoms with Crippen LogP contribution in [0.1, 0.15) is 33.4 Å². The number of rotatable bonds is 4. The van der Waals surface area contributed by atoms with Crippen molar-refractivity contribution in [1.29, 1.82) is 5.26 Å². The van der Waals surface area contributed by atoms with Crippen LogP contribution in [0.5, 0.6) is 0 Å². The lowest BCUT2D eigenvalue weighted by molar-refractivity contribution is -0.0982. The van der Waals surface area contributed by atoms with E-state index in [9.17, 15) is 10.1 Å². The molecule has 1 rings (SSSR count). The molecule has 0 aliphatic carbocycles. The van der Waals surface area contributed by atoms with Gasteiger partial charge in [0.05, 0.1) is 11.2 Å². The van der Waals surface area contributed by atoms with Crippen molar-refractivity contribution >= 4 is 18.3 Å². The highest BCUT2D eigenvalue weighted by Crippen LogP contribution is 2.25. The van der Waals surface area contributed by atoms with Crippen LogP contribution in [-0.4, -0.2) is 33.4 Å². The van der Waals surface area contributed by atoms with Gasteiger partial charge in [0, 0.05) is 17.3 Å². The molecule has 6 nitrogen and oxygen atoms in total. The van der Waals surface area contributed by atoms with E-state index in [1.165, 1.54) is 12.3 Å². The zero-order valence-corrected chi connectivity index (χ0v) is 11.5. The van der Waals surface area contributed by atoms with Gasteiger partial charge in [0.2, 0.25) is 0 Å². The van der Waals surface area contributed by atoms with Crippen molar-refractivity contribution in [3.63, 3.8) is 0 Å². The van der Waals surface area contributed by atoms with Crippen molar-refractivity contribution in [2.75, 3.05) is 5.73 Å². The summed E-state index contributed by atoms with van der Waals surface area (Å²) < 4.78 is 5.45. The summed E-state index contributed by atoms with van der Waals surface area (Å²) in [6, 6.07) is 3.21. The first kappa shape index (κ1) is 15.4. The molecule has 0 atom stereocenters. The Labute approximate surface area is 113 Å². The molecule has 0 bridgehead atoms. The molecule has 1 aromatic rings. The summed E-state index contributed by atoms with van der Waals surface area (Å²) >= 11 is 0. The molecule has 0 unspecified atom stereocenters. The van der Waals surface area contributed by atoms with Gasteiger partial charge in [-0.05, 0) is 33.8 Å². The smallest absolute Gasteiger partial charge is 0.423 e. The van der Waals surface area contributed by atoms with E-state index in [-0.39, 0.29) is 16.8 Å². The first-order valence-electron chi connectivity index (χ1n) is 5.82. The molecule has 0 amide bonds. The molecule has 0 aliphatic heterocycles. The summed E-state index contributed by atoms with van der Waals surface area (Å²) in [5.74, 6) is 0. The lowest BCUT2D eigenvalue weighted by Crippen LogP contribution is -2.53. The van der Waals surface area contributed by atoms with Gasteiger partial charge in [0.1, 0.15) is 11.8 Å². The van der Waals surface area contributed by atoms with E-state index in [4.69, 9.17) is 15.6 Å². The second-order valence-corrected chi connectivity index (χ2v) is 5.35. The molecule has 102 valence electrons. The fraction of sp³-hybridized carbons (Fsp3) is 0.500. The monoisotopic (exact) mass is 263 g/mol. The van der Waals surface area contributed by atoms with Crippen LogP contribution in [0.4, 0.5) is 5.69 Å². The minimum Gasteiger partial charge on any atom is -0.423 e. The maximum Gasteiger partial charge on any atom is 0.495 e. The molecule has 0 aliphatic rings. The van der Waals surface area contributed by atoms with Crippen LogP contribution in [-0.2, 0) is 4.65 Å². The fourth-order valence-electron chi connectivity index (χ4n) is 1.24. The molecule has 1 aromatic heterocycles. The molecular weight excluding hydrogens is 245 g/mol. The van der Waals surface area contributed by atoms with Crippen molar-refractivity contribution in [2.45, 2.75) is 38.9 Å². The summed E-state index contributed by atoms with van der Waals surface area (Å²) in [7, 11) is -1.33. The number of aliphatic hydroxyl groups is 1. The average Bonchev–Trinajstić information content (AvgIpc) is 2.26.